The predicted molar refractivity (Wildman–Crippen MR) is 88.0 cm³/mol. The molecule has 1 aliphatic heterocycles. The largest absolute Gasteiger partial charge is 0.497 e. The summed E-state index contributed by atoms with van der Waals surface area (Å²) in [7, 11) is 3.01. The molecule has 0 radical (unpaired) electrons. The number of carboxylic acid groups (broad SMARTS) is 1. The van der Waals surface area contributed by atoms with E-state index in [4.69, 9.17) is 9.47 Å². The minimum absolute atomic E-state index is 0.0999. The van der Waals surface area contributed by atoms with Crippen LogP contribution >= 0.6 is 0 Å². The fourth-order valence-corrected chi connectivity index (χ4v) is 2.93. The van der Waals surface area contributed by atoms with Crippen LogP contribution in [0.15, 0.2) is 42.5 Å². The van der Waals surface area contributed by atoms with Gasteiger partial charge in [0.25, 0.3) is 5.91 Å². The Morgan fingerprint density at radius 2 is 1.88 bits per heavy atom. The van der Waals surface area contributed by atoms with Gasteiger partial charge in [-0.05, 0) is 23.8 Å². The molecule has 0 saturated heterocycles. The molecular weight excluding hydrogens is 310 g/mol. The summed E-state index contributed by atoms with van der Waals surface area (Å²) in [4.78, 5) is 26.0. The summed E-state index contributed by atoms with van der Waals surface area (Å²) >= 11 is 0. The Labute approximate surface area is 139 Å². The molecule has 1 aliphatic rings. The molecule has 1 heterocycles. The number of hydrogen-bond donors (Lipinski definition) is 1. The zero-order valence-corrected chi connectivity index (χ0v) is 13.4. The molecule has 6 heteroatoms. The third kappa shape index (κ3) is 2.56. The molecule has 24 heavy (non-hydrogen) atoms. The number of nitrogens with zero attached hydrogens (tertiary/aromatic N) is 1. The number of ether oxygens (including phenoxy) is 2. The van der Waals surface area contributed by atoms with Crippen molar-refractivity contribution in [3.8, 4) is 11.5 Å². The molecule has 2 aromatic rings. The molecule has 0 fully saturated rings. The third-order valence-corrected chi connectivity index (χ3v) is 4.15. The van der Waals surface area contributed by atoms with E-state index in [9.17, 15) is 14.7 Å². The second-order valence-corrected chi connectivity index (χ2v) is 5.43. The first-order valence-corrected chi connectivity index (χ1v) is 7.42. The molecule has 0 unspecified atom stereocenters. The monoisotopic (exact) mass is 327 g/mol. The van der Waals surface area contributed by atoms with Crippen LogP contribution in [0, 0.1) is 0 Å². The van der Waals surface area contributed by atoms with Crippen LogP contribution in [-0.4, -0.2) is 37.7 Å². The Hall–Kier alpha value is -3.02. The average molecular weight is 327 g/mol. The zero-order valence-electron chi connectivity index (χ0n) is 13.4. The first-order chi connectivity index (χ1) is 11.6. The standard InChI is InChI=1S/C18H17NO5/c1-23-11-7-8-13(16(9-11)24-2)17(20)19-10-14(18(21)22)12-5-3-4-6-15(12)19/h3-9,14H,10H2,1-2H3,(H,21,22)/t14-/m0/s1. The minimum Gasteiger partial charge on any atom is -0.497 e. The van der Waals surface area contributed by atoms with Gasteiger partial charge in [0.1, 0.15) is 17.4 Å². The highest BCUT2D eigenvalue weighted by Crippen LogP contribution is 2.38. The van der Waals surface area contributed by atoms with Crippen molar-refractivity contribution in [2.45, 2.75) is 5.92 Å². The number of aliphatic carboxylic acids is 1. The van der Waals surface area contributed by atoms with E-state index in [1.165, 1.54) is 19.1 Å². The van der Waals surface area contributed by atoms with Crippen LogP contribution in [0.4, 0.5) is 5.69 Å². The topological polar surface area (TPSA) is 76.1 Å². The summed E-state index contributed by atoms with van der Waals surface area (Å²) in [5, 5.41) is 9.42. The summed E-state index contributed by atoms with van der Waals surface area (Å²) in [6.07, 6.45) is 0. The zero-order chi connectivity index (χ0) is 17.3. The van der Waals surface area contributed by atoms with Crippen molar-refractivity contribution >= 4 is 17.6 Å². The molecule has 1 atom stereocenters. The van der Waals surface area contributed by atoms with Gasteiger partial charge < -0.3 is 19.5 Å². The van der Waals surface area contributed by atoms with Crippen LogP contribution in [-0.2, 0) is 4.79 Å². The van der Waals surface area contributed by atoms with Crippen LogP contribution in [0.5, 0.6) is 11.5 Å². The maximum atomic E-state index is 13.0. The lowest BCUT2D eigenvalue weighted by Gasteiger charge is -2.19. The summed E-state index contributed by atoms with van der Waals surface area (Å²) in [6.45, 7) is 0.0999. The lowest BCUT2D eigenvalue weighted by molar-refractivity contribution is -0.138. The van der Waals surface area contributed by atoms with Crippen molar-refractivity contribution in [1.82, 2.24) is 0 Å². The first-order valence-electron chi connectivity index (χ1n) is 7.42. The number of para-hydroxylation sites is 1. The summed E-state index contributed by atoms with van der Waals surface area (Å²) in [5.74, 6) is -1.01. The second kappa shape index (κ2) is 6.23. The van der Waals surface area contributed by atoms with E-state index in [2.05, 4.69) is 0 Å². The highest BCUT2D eigenvalue weighted by molar-refractivity contribution is 6.10. The lowest BCUT2D eigenvalue weighted by Crippen LogP contribution is -2.31. The van der Waals surface area contributed by atoms with Crippen molar-refractivity contribution < 1.29 is 24.2 Å². The fourth-order valence-electron chi connectivity index (χ4n) is 2.93. The van der Waals surface area contributed by atoms with Crippen LogP contribution in [0.3, 0.4) is 0 Å². The number of anilines is 1. The number of fused-ring (bicyclic) bond motifs is 1. The third-order valence-electron chi connectivity index (χ3n) is 4.15. The van der Waals surface area contributed by atoms with Gasteiger partial charge in [-0.2, -0.15) is 0 Å². The Morgan fingerprint density at radius 3 is 2.54 bits per heavy atom. The molecule has 2 aromatic carbocycles. The highest BCUT2D eigenvalue weighted by Gasteiger charge is 2.37. The summed E-state index contributed by atoms with van der Waals surface area (Å²) in [5.41, 5.74) is 1.62. The van der Waals surface area contributed by atoms with E-state index in [0.717, 1.165) is 0 Å². The molecule has 0 spiro atoms. The molecule has 0 bridgehead atoms. The molecule has 0 aromatic heterocycles. The molecule has 1 amide bonds. The lowest BCUT2D eigenvalue weighted by atomic mass is 10.0. The van der Waals surface area contributed by atoms with E-state index < -0.39 is 11.9 Å². The quantitative estimate of drug-likeness (QED) is 0.934. The molecule has 3 rings (SSSR count). The van der Waals surface area contributed by atoms with E-state index in [-0.39, 0.29) is 12.5 Å². The molecule has 1 N–H and O–H groups in total. The van der Waals surface area contributed by atoms with Crippen molar-refractivity contribution in [3.63, 3.8) is 0 Å². The number of benzene rings is 2. The van der Waals surface area contributed by atoms with E-state index >= 15 is 0 Å². The Bertz CT molecular complexity index is 802. The average Bonchev–Trinajstić information content (AvgIpc) is 3.00. The van der Waals surface area contributed by atoms with Gasteiger partial charge >= 0.3 is 5.97 Å². The van der Waals surface area contributed by atoms with Crippen molar-refractivity contribution in [2.75, 3.05) is 25.7 Å². The fraction of sp³-hybridized carbons (Fsp3) is 0.222. The van der Waals surface area contributed by atoms with Gasteiger partial charge in [-0.25, -0.2) is 0 Å². The SMILES string of the molecule is COc1ccc(C(=O)N2C[C@H](C(=O)O)c3ccccc32)c(OC)c1. The van der Waals surface area contributed by atoms with Gasteiger partial charge in [-0.15, -0.1) is 0 Å². The van der Waals surface area contributed by atoms with Crippen molar-refractivity contribution in [1.29, 1.82) is 0 Å². The van der Waals surface area contributed by atoms with Crippen molar-refractivity contribution in [3.05, 3.63) is 53.6 Å². The number of hydrogen-bond acceptors (Lipinski definition) is 4. The van der Waals surface area contributed by atoms with Gasteiger partial charge in [-0.1, -0.05) is 18.2 Å². The van der Waals surface area contributed by atoms with Gasteiger partial charge in [0, 0.05) is 18.3 Å². The summed E-state index contributed by atoms with van der Waals surface area (Å²) < 4.78 is 10.4. The van der Waals surface area contributed by atoms with E-state index in [1.807, 2.05) is 0 Å². The number of carbonyl (C=O) groups excluding carboxylic acids is 1. The normalized spacial score (nSPS) is 15.8. The molecule has 0 saturated carbocycles. The van der Waals surface area contributed by atoms with Crippen LogP contribution < -0.4 is 14.4 Å². The summed E-state index contributed by atoms with van der Waals surface area (Å²) in [6, 6.07) is 12.0. The van der Waals surface area contributed by atoms with Gasteiger partial charge in [0.2, 0.25) is 0 Å². The number of rotatable bonds is 4. The maximum Gasteiger partial charge on any atom is 0.312 e. The molecule has 6 nitrogen and oxygen atoms in total. The smallest absolute Gasteiger partial charge is 0.312 e. The maximum absolute atomic E-state index is 13.0. The molecular formula is C18H17NO5. The van der Waals surface area contributed by atoms with Crippen LogP contribution in [0.2, 0.25) is 0 Å². The van der Waals surface area contributed by atoms with Gasteiger partial charge in [0.15, 0.2) is 0 Å². The van der Waals surface area contributed by atoms with E-state index in [1.54, 1.807) is 42.5 Å². The van der Waals surface area contributed by atoms with Gasteiger partial charge in [-0.3, -0.25) is 9.59 Å². The van der Waals surface area contributed by atoms with Gasteiger partial charge in [0.05, 0.1) is 19.8 Å². The first kappa shape index (κ1) is 15.9. The van der Waals surface area contributed by atoms with Crippen LogP contribution in [0.25, 0.3) is 0 Å². The molecule has 0 aliphatic carbocycles. The highest BCUT2D eigenvalue weighted by atomic mass is 16.5. The number of methoxy groups -OCH3 is 2. The number of amides is 1. The Kier molecular flexibility index (Phi) is 4.12. The number of carboxylic acids is 1. The molecule has 124 valence electrons. The predicted octanol–water partition coefficient (Wildman–Crippen LogP) is 2.53. The Morgan fingerprint density at radius 1 is 1.12 bits per heavy atom. The van der Waals surface area contributed by atoms with Crippen LogP contribution in [0.1, 0.15) is 21.8 Å². The second-order valence-electron chi connectivity index (χ2n) is 5.43. The number of carbonyl (C=O) groups is 2. The van der Waals surface area contributed by atoms with E-state index in [0.29, 0.717) is 28.3 Å². The Balaban J connectivity index is 2.01. The minimum atomic E-state index is -0.945. The van der Waals surface area contributed by atoms with Crippen molar-refractivity contribution in [2.24, 2.45) is 0 Å².